The summed E-state index contributed by atoms with van der Waals surface area (Å²) < 4.78 is 44.7. The van der Waals surface area contributed by atoms with Gasteiger partial charge in [0.1, 0.15) is 11.9 Å². The van der Waals surface area contributed by atoms with Gasteiger partial charge < -0.3 is 10.5 Å². The van der Waals surface area contributed by atoms with Gasteiger partial charge in [0, 0.05) is 10.6 Å². The van der Waals surface area contributed by atoms with E-state index in [1.54, 1.807) is 0 Å². The lowest BCUT2D eigenvalue weighted by atomic mass is 10.0. The van der Waals surface area contributed by atoms with Gasteiger partial charge in [-0.15, -0.1) is 12.4 Å². The minimum absolute atomic E-state index is 0. The lowest BCUT2D eigenvalue weighted by Gasteiger charge is -2.22. The molecule has 3 nitrogen and oxygen atoms in total. The third kappa shape index (κ3) is 3.99. The molecule has 0 amide bonds. The second-order valence-corrected chi connectivity index (χ2v) is 3.92. The summed E-state index contributed by atoms with van der Waals surface area (Å²) in [4.78, 5) is 11.1. The Labute approximate surface area is 119 Å². The van der Waals surface area contributed by atoms with Crippen LogP contribution in [0.3, 0.4) is 0 Å². The van der Waals surface area contributed by atoms with Crippen molar-refractivity contribution in [1.29, 1.82) is 0 Å². The molecule has 0 saturated carbocycles. The first-order valence-corrected chi connectivity index (χ1v) is 5.44. The van der Waals surface area contributed by atoms with Crippen LogP contribution in [0.25, 0.3) is 0 Å². The zero-order valence-electron chi connectivity index (χ0n) is 9.83. The van der Waals surface area contributed by atoms with Gasteiger partial charge >= 0.3 is 11.9 Å². The molecule has 1 aromatic rings. The molecule has 2 N–H and O–H groups in total. The Kier molecular flexibility index (Phi) is 6.62. The maximum absolute atomic E-state index is 13.6. The van der Waals surface area contributed by atoms with E-state index in [9.17, 15) is 18.0 Å². The van der Waals surface area contributed by atoms with Crippen LogP contribution in [0.4, 0.5) is 13.2 Å². The fourth-order valence-electron chi connectivity index (χ4n) is 1.30. The highest BCUT2D eigenvalue weighted by Crippen LogP contribution is 2.33. The summed E-state index contributed by atoms with van der Waals surface area (Å²) in [6.07, 6.45) is 0. The fourth-order valence-corrected chi connectivity index (χ4v) is 1.48. The molecule has 1 aromatic carbocycles. The lowest BCUT2D eigenvalue weighted by molar-refractivity contribution is -0.174. The standard InChI is InChI=1S/C11H11ClF3NO2.ClH/c1-2-18-10(17)11(14,15)9(16)7-5-6(12)3-4-8(7)13;/h3-5,9H,2,16H2,1H3;1H/t9-;/m0./s1. The number of esters is 1. The summed E-state index contributed by atoms with van der Waals surface area (Å²) in [6.45, 7) is 1.15. The molecule has 0 aliphatic carbocycles. The molecule has 0 bridgehead atoms. The normalized spacial score (nSPS) is 12.5. The first-order chi connectivity index (χ1) is 8.30. The van der Waals surface area contributed by atoms with Crippen LogP contribution in [0, 0.1) is 5.82 Å². The van der Waals surface area contributed by atoms with Gasteiger partial charge in [-0.25, -0.2) is 9.18 Å². The third-order valence-electron chi connectivity index (χ3n) is 2.23. The summed E-state index contributed by atoms with van der Waals surface area (Å²) in [6, 6.07) is 0.888. The number of hydrogen-bond acceptors (Lipinski definition) is 3. The summed E-state index contributed by atoms with van der Waals surface area (Å²) in [5.74, 6) is -6.78. The number of halogens is 5. The Morgan fingerprint density at radius 3 is 2.63 bits per heavy atom. The van der Waals surface area contributed by atoms with Crippen LogP contribution in [0.15, 0.2) is 18.2 Å². The zero-order chi connectivity index (χ0) is 13.9. The van der Waals surface area contributed by atoms with Gasteiger partial charge in [0.15, 0.2) is 0 Å². The Hall–Kier alpha value is -0.980. The number of alkyl halides is 2. The smallest absolute Gasteiger partial charge is 0.379 e. The van der Waals surface area contributed by atoms with Crippen molar-refractivity contribution < 1.29 is 22.7 Å². The monoisotopic (exact) mass is 317 g/mol. The molecule has 0 aliphatic heterocycles. The molecule has 0 spiro atoms. The van der Waals surface area contributed by atoms with Crippen molar-refractivity contribution in [3.05, 3.63) is 34.6 Å². The Morgan fingerprint density at radius 1 is 1.53 bits per heavy atom. The molecule has 0 saturated heterocycles. The third-order valence-corrected chi connectivity index (χ3v) is 2.47. The molecule has 0 aromatic heterocycles. The van der Waals surface area contributed by atoms with E-state index in [2.05, 4.69) is 4.74 Å². The predicted molar refractivity (Wildman–Crippen MR) is 67.2 cm³/mol. The van der Waals surface area contributed by atoms with Crippen molar-refractivity contribution in [3.63, 3.8) is 0 Å². The lowest BCUT2D eigenvalue weighted by Crippen LogP contribution is -2.42. The van der Waals surface area contributed by atoms with Crippen LogP contribution in [0.1, 0.15) is 18.5 Å². The van der Waals surface area contributed by atoms with E-state index in [0.29, 0.717) is 0 Å². The summed E-state index contributed by atoms with van der Waals surface area (Å²) >= 11 is 5.57. The number of rotatable bonds is 4. The fraction of sp³-hybridized carbons (Fsp3) is 0.364. The number of carbonyl (C=O) groups excluding carboxylic acids is 1. The number of carbonyl (C=O) groups is 1. The number of nitrogens with two attached hydrogens (primary N) is 1. The van der Waals surface area contributed by atoms with Crippen LogP contribution in [0.5, 0.6) is 0 Å². The van der Waals surface area contributed by atoms with Crippen molar-refractivity contribution in [2.24, 2.45) is 5.73 Å². The maximum atomic E-state index is 13.6. The molecule has 0 aliphatic rings. The molecule has 1 rings (SSSR count). The molecule has 0 unspecified atom stereocenters. The van der Waals surface area contributed by atoms with Crippen molar-refractivity contribution in [2.75, 3.05) is 6.61 Å². The molecule has 0 fully saturated rings. The van der Waals surface area contributed by atoms with Gasteiger partial charge in [-0.3, -0.25) is 0 Å². The van der Waals surface area contributed by atoms with Crippen LogP contribution in [-0.4, -0.2) is 18.5 Å². The van der Waals surface area contributed by atoms with Crippen LogP contribution < -0.4 is 5.73 Å². The van der Waals surface area contributed by atoms with Crippen LogP contribution >= 0.6 is 24.0 Å². The average Bonchev–Trinajstić information content (AvgIpc) is 2.31. The van der Waals surface area contributed by atoms with Crippen molar-refractivity contribution in [2.45, 2.75) is 18.9 Å². The highest BCUT2D eigenvalue weighted by molar-refractivity contribution is 6.30. The molecule has 0 radical (unpaired) electrons. The van der Waals surface area contributed by atoms with E-state index in [1.165, 1.54) is 13.0 Å². The van der Waals surface area contributed by atoms with Gasteiger partial charge in [0.25, 0.3) is 0 Å². The summed E-state index contributed by atoms with van der Waals surface area (Å²) in [5, 5.41) is 0.0431. The topological polar surface area (TPSA) is 52.3 Å². The molecular formula is C11H12Cl2F3NO2. The highest BCUT2D eigenvalue weighted by atomic mass is 35.5. The second-order valence-electron chi connectivity index (χ2n) is 3.49. The summed E-state index contributed by atoms with van der Waals surface area (Å²) in [7, 11) is 0. The molecule has 0 heterocycles. The molecule has 108 valence electrons. The molecular weight excluding hydrogens is 306 g/mol. The van der Waals surface area contributed by atoms with E-state index < -0.39 is 29.3 Å². The molecule has 19 heavy (non-hydrogen) atoms. The first-order valence-electron chi connectivity index (χ1n) is 5.06. The van der Waals surface area contributed by atoms with E-state index in [4.69, 9.17) is 17.3 Å². The highest BCUT2D eigenvalue weighted by Gasteiger charge is 2.48. The zero-order valence-corrected chi connectivity index (χ0v) is 11.4. The van der Waals surface area contributed by atoms with Gasteiger partial charge in [-0.1, -0.05) is 11.6 Å². The number of hydrogen-bond donors (Lipinski definition) is 1. The van der Waals surface area contributed by atoms with Crippen molar-refractivity contribution >= 4 is 30.0 Å². The second kappa shape index (κ2) is 6.98. The van der Waals surface area contributed by atoms with Crippen LogP contribution in [0.2, 0.25) is 5.02 Å². The van der Waals surface area contributed by atoms with Gasteiger partial charge in [-0.2, -0.15) is 8.78 Å². The molecule has 1 atom stereocenters. The van der Waals surface area contributed by atoms with Gasteiger partial charge in [0.2, 0.25) is 0 Å². The van der Waals surface area contributed by atoms with Crippen molar-refractivity contribution in [1.82, 2.24) is 0 Å². The average molecular weight is 318 g/mol. The Balaban J connectivity index is 0.00000324. The van der Waals surface area contributed by atoms with E-state index in [0.717, 1.165) is 12.1 Å². The Morgan fingerprint density at radius 2 is 2.11 bits per heavy atom. The Bertz CT molecular complexity index is 458. The molecule has 8 heteroatoms. The van der Waals surface area contributed by atoms with E-state index >= 15 is 0 Å². The quantitative estimate of drug-likeness (QED) is 0.868. The minimum Gasteiger partial charge on any atom is -0.462 e. The van der Waals surface area contributed by atoms with Gasteiger partial charge in [-0.05, 0) is 25.1 Å². The SMILES string of the molecule is CCOC(=O)C(F)(F)[C@@H](N)c1cc(Cl)ccc1F.Cl. The van der Waals surface area contributed by atoms with Crippen molar-refractivity contribution in [3.8, 4) is 0 Å². The van der Waals surface area contributed by atoms with E-state index in [-0.39, 0.29) is 24.0 Å². The largest absolute Gasteiger partial charge is 0.462 e. The summed E-state index contributed by atoms with van der Waals surface area (Å²) in [5.41, 5.74) is 4.68. The van der Waals surface area contributed by atoms with E-state index in [1.807, 2.05) is 0 Å². The first kappa shape index (κ1) is 18.0. The van der Waals surface area contributed by atoms with Crippen LogP contribution in [-0.2, 0) is 9.53 Å². The number of ether oxygens (including phenoxy) is 1. The number of benzene rings is 1. The minimum atomic E-state index is -4.03. The predicted octanol–water partition coefficient (Wildman–Crippen LogP) is 3.10. The van der Waals surface area contributed by atoms with Gasteiger partial charge in [0.05, 0.1) is 6.61 Å². The maximum Gasteiger partial charge on any atom is 0.379 e.